The predicted octanol–water partition coefficient (Wildman–Crippen LogP) is 1.53. The van der Waals surface area contributed by atoms with Gasteiger partial charge in [-0.2, -0.15) is 0 Å². The van der Waals surface area contributed by atoms with Crippen LogP contribution in [0.5, 0.6) is 0 Å². The largest absolute Gasteiger partial charge is 0.356 e. The Morgan fingerprint density at radius 2 is 1.76 bits per heavy atom. The van der Waals surface area contributed by atoms with Crippen molar-refractivity contribution in [1.82, 2.24) is 15.5 Å². The van der Waals surface area contributed by atoms with Gasteiger partial charge in [0, 0.05) is 32.5 Å². The van der Waals surface area contributed by atoms with Crippen LogP contribution in [0.25, 0.3) is 0 Å². The Morgan fingerprint density at radius 3 is 2.33 bits per heavy atom. The molecular formula is C16H31N3O2. The number of rotatable bonds is 8. The molecule has 0 atom stereocenters. The van der Waals surface area contributed by atoms with Gasteiger partial charge in [0.2, 0.25) is 11.8 Å². The number of carbonyl (C=O) groups is 2. The molecule has 21 heavy (non-hydrogen) atoms. The summed E-state index contributed by atoms with van der Waals surface area (Å²) in [6.45, 7) is 10.5. The summed E-state index contributed by atoms with van der Waals surface area (Å²) in [7, 11) is 0. The lowest BCUT2D eigenvalue weighted by atomic mass is 9.81. The van der Waals surface area contributed by atoms with Gasteiger partial charge in [-0.15, -0.1) is 0 Å². The molecule has 5 heteroatoms. The van der Waals surface area contributed by atoms with Gasteiger partial charge in [0.15, 0.2) is 0 Å². The molecule has 5 nitrogen and oxygen atoms in total. The summed E-state index contributed by atoms with van der Waals surface area (Å²) in [5.74, 6) is 0.222. The minimum Gasteiger partial charge on any atom is -0.356 e. The van der Waals surface area contributed by atoms with E-state index in [0.29, 0.717) is 19.3 Å². The highest BCUT2D eigenvalue weighted by Crippen LogP contribution is 2.26. The van der Waals surface area contributed by atoms with E-state index in [4.69, 9.17) is 0 Å². The highest BCUT2D eigenvalue weighted by Gasteiger charge is 2.26. The monoisotopic (exact) mass is 297 g/mol. The molecular weight excluding hydrogens is 266 g/mol. The molecule has 1 rings (SSSR count). The van der Waals surface area contributed by atoms with E-state index in [1.807, 2.05) is 18.7 Å². The molecule has 1 aliphatic heterocycles. The Hall–Kier alpha value is -1.10. The van der Waals surface area contributed by atoms with Crippen LogP contribution >= 0.6 is 0 Å². The lowest BCUT2D eigenvalue weighted by Gasteiger charge is -2.34. The van der Waals surface area contributed by atoms with Crippen LogP contribution in [-0.4, -0.2) is 49.4 Å². The molecule has 0 bridgehead atoms. The summed E-state index contributed by atoms with van der Waals surface area (Å²) in [4.78, 5) is 25.5. The van der Waals surface area contributed by atoms with Gasteiger partial charge in [-0.05, 0) is 51.6 Å². The molecule has 0 aromatic rings. The van der Waals surface area contributed by atoms with E-state index in [0.717, 1.165) is 45.6 Å². The van der Waals surface area contributed by atoms with Gasteiger partial charge in [-0.1, -0.05) is 6.92 Å². The first-order valence-corrected chi connectivity index (χ1v) is 8.26. The van der Waals surface area contributed by atoms with E-state index in [1.54, 1.807) is 0 Å². The maximum Gasteiger partial charge on any atom is 0.222 e. The summed E-state index contributed by atoms with van der Waals surface area (Å²) >= 11 is 0. The van der Waals surface area contributed by atoms with Crippen LogP contribution in [0.1, 0.15) is 52.9 Å². The zero-order chi connectivity index (χ0) is 15.7. The standard InChI is InChI=1S/C16H31N3O2/c1-4-19(5-2)15(21)8-6-7-14(20)18-13-16(3)9-11-17-12-10-16/h17H,4-13H2,1-3H3,(H,18,20). The van der Waals surface area contributed by atoms with Gasteiger partial charge in [0.25, 0.3) is 0 Å². The van der Waals surface area contributed by atoms with Gasteiger partial charge in [0.1, 0.15) is 0 Å². The lowest BCUT2D eigenvalue weighted by Crippen LogP contribution is -2.42. The van der Waals surface area contributed by atoms with Gasteiger partial charge < -0.3 is 15.5 Å². The third kappa shape index (κ3) is 6.46. The van der Waals surface area contributed by atoms with Crippen molar-refractivity contribution in [2.45, 2.75) is 52.9 Å². The summed E-state index contributed by atoms with van der Waals surface area (Å²) < 4.78 is 0. The predicted molar refractivity (Wildman–Crippen MR) is 85.0 cm³/mol. The average molecular weight is 297 g/mol. The lowest BCUT2D eigenvalue weighted by molar-refractivity contribution is -0.131. The molecule has 1 saturated heterocycles. The molecule has 2 amide bonds. The molecule has 0 aromatic carbocycles. The molecule has 0 spiro atoms. The number of nitrogens with zero attached hydrogens (tertiary/aromatic N) is 1. The summed E-state index contributed by atoms with van der Waals surface area (Å²) in [5.41, 5.74) is 0.220. The van der Waals surface area contributed by atoms with E-state index >= 15 is 0 Å². The van der Waals surface area contributed by atoms with Crippen LogP contribution in [0.2, 0.25) is 0 Å². The van der Waals surface area contributed by atoms with E-state index < -0.39 is 0 Å². The Morgan fingerprint density at radius 1 is 1.14 bits per heavy atom. The minimum atomic E-state index is 0.0714. The van der Waals surface area contributed by atoms with Crippen molar-refractivity contribution in [3.05, 3.63) is 0 Å². The number of carbonyl (C=O) groups excluding carboxylic acids is 2. The SMILES string of the molecule is CCN(CC)C(=O)CCCC(=O)NCC1(C)CCNCC1. The Kier molecular flexibility index (Phi) is 7.72. The smallest absolute Gasteiger partial charge is 0.222 e. The van der Waals surface area contributed by atoms with Crippen molar-refractivity contribution in [3.63, 3.8) is 0 Å². The van der Waals surface area contributed by atoms with Gasteiger partial charge in [-0.3, -0.25) is 9.59 Å². The first kappa shape index (κ1) is 18.0. The Balaban J connectivity index is 2.18. The van der Waals surface area contributed by atoms with Gasteiger partial charge in [0.05, 0.1) is 0 Å². The molecule has 2 N–H and O–H groups in total. The zero-order valence-corrected chi connectivity index (χ0v) is 13.8. The number of hydrogen-bond acceptors (Lipinski definition) is 3. The average Bonchev–Trinajstić information content (AvgIpc) is 2.47. The second kappa shape index (κ2) is 9.03. The van der Waals surface area contributed by atoms with Crippen molar-refractivity contribution in [1.29, 1.82) is 0 Å². The Bertz CT molecular complexity index is 334. The molecule has 122 valence electrons. The molecule has 0 radical (unpaired) electrons. The fourth-order valence-electron chi connectivity index (χ4n) is 2.74. The second-order valence-electron chi connectivity index (χ2n) is 6.26. The van der Waals surface area contributed by atoms with E-state index in [1.165, 1.54) is 0 Å². The van der Waals surface area contributed by atoms with Crippen molar-refractivity contribution in [3.8, 4) is 0 Å². The normalized spacial score (nSPS) is 17.3. The van der Waals surface area contributed by atoms with Crippen molar-refractivity contribution < 1.29 is 9.59 Å². The number of amides is 2. The Labute approximate surface area is 128 Å². The maximum atomic E-state index is 11.9. The van der Waals surface area contributed by atoms with Crippen molar-refractivity contribution >= 4 is 11.8 Å². The molecule has 0 aliphatic carbocycles. The molecule has 1 fully saturated rings. The van der Waals surface area contributed by atoms with Crippen molar-refractivity contribution in [2.24, 2.45) is 5.41 Å². The van der Waals surface area contributed by atoms with Crippen LogP contribution < -0.4 is 10.6 Å². The fraction of sp³-hybridized carbons (Fsp3) is 0.875. The molecule has 0 unspecified atom stereocenters. The maximum absolute atomic E-state index is 11.9. The molecule has 0 saturated carbocycles. The quantitative estimate of drug-likeness (QED) is 0.714. The first-order chi connectivity index (χ1) is 10.0. The van der Waals surface area contributed by atoms with E-state index in [-0.39, 0.29) is 17.2 Å². The van der Waals surface area contributed by atoms with Crippen molar-refractivity contribution in [2.75, 3.05) is 32.7 Å². The second-order valence-corrected chi connectivity index (χ2v) is 6.26. The number of piperidine rings is 1. The van der Waals surface area contributed by atoms with E-state index in [9.17, 15) is 9.59 Å². The first-order valence-electron chi connectivity index (χ1n) is 8.26. The van der Waals surface area contributed by atoms with Gasteiger partial charge in [-0.25, -0.2) is 0 Å². The third-order valence-corrected chi connectivity index (χ3v) is 4.43. The zero-order valence-electron chi connectivity index (χ0n) is 13.8. The molecule has 0 aromatic heterocycles. The summed E-state index contributed by atoms with van der Waals surface area (Å²) in [6, 6.07) is 0. The van der Waals surface area contributed by atoms with Crippen LogP contribution in [0.3, 0.4) is 0 Å². The summed E-state index contributed by atoms with van der Waals surface area (Å²) in [6.07, 6.45) is 3.76. The topological polar surface area (TPSA) is 61.4 Å². The van der Waals surface area contributed by atoms with Crippen LogP contribution in [-0.2, 0) is 9.59 Å². The van der Waals surface area contributed by atoms with Crippen LogP contribution in [0.4, 0.5) is 0 Å². The fourth-order valence-corrected chi connectivity index (χ4v) is 2.74. The third-order valence-electron chi connectivity index (χ3n) is 4.43. The molecule has 1 aliphatic rings. The van der Waals surface area contributed by atoms with E-state index in [2.05, 4.69) is 17.6 Å². The van der Waals surface area contributed by atoms with Gasteiger partial charge >= 0.3 is 0 Å². The molecule has 1 heterocycles. The summed E-state index contributed by atoms with van der Waals surface area (Å²) in [5, 5.41) is 6.37. The van der Waals surface area contributed by atoms with Crippen LogP contribution in [0, 0.1) is 5.41 Å². The number of hydrogen-bond donors (Lipinski definition) is 2. The number of nitrogens with one attached hydrogen (secondary N) is 2. The van der Waals surface area contributed by atoms with Crippen LogP contribution in [0.15, 0.2) is 0 Å². The highest BCUT2D eigenvalue weighted by atomic mass is 16.2. The minimum absolute atomic E-state index is 0.0714. The highest BCUT2D eigenvalue weighted by molar-refractivity contribution is 5.78.